The fraction of sp³-hybridized carbons (Fsp3) is 0.0556. The number of carbonyl (C=O) groups excluding carboxylic acids is 1. The standard InChI is InChI=1S/C18H10Br4N2O5/c19-10-3-9-4-14(29-16(9)13(22)5-10)18(27)24-23-6-8-1-11(20)17(12(21)2-8)28-7-15(25)26/h1-6H,7H2,(H,24,27)(H,25,26)/b23-6-. The number of nitrogens with zero attached hydrogens (tertiary/aromatic N) is 1. The Morgan fingerprint density at radius 3 is 2.41 bits per heavy atom. The van der Waals surface area contributed by atoms with Gasteiger partial charge in [0.2, 0.25) is 0 Å². The summed E-state index contributed by atoms with van der Waals surface area (Å²) in [5.41, 5.74) is 3.61. The molecule has 1 heterocycles. The number of benzene rings is 2. The average Bonchev–Trinajstić information content (AvgIpc) is 3.05. The highest BCUT2D eigenvalue weighted by Crippen LogP contribution is 2.34. The number of carboxylic acids is 1. The highest BCUT2D eigenvalue weighted by Gasteiger charge is 2.14. The van der Waals surface area contributed by atoms with Crippen LogP contribution < -0.4 is 10.2 Å². The number of halogens is 4. The monoisotopic (exact) mass is 650 g/mol. The number of hydrazone groups is 1. The van der Waals surface area contributed by atoms with Crippen LogP contribution >= 0.6 is 63.7 Å². The lowest BCUT2D eigenvalue weighted by Crippen LogP contribution is -2.16. The van der Waals surface area contributed by atoms with Crippen LogP contribution in [0.1, 0.15) is 16.1 Å². The minimum Gasteiger partial charge on any atom is -0.480 e. The Balaban J connectivity index is 1.72. The number of hydrogen-bond acceptors (Lipinski definition) is 5. The van der Waals surface area contributed by atoms with E-state index in [-0.39, 0.29) is 5.76 Å². The van der Waals surface area contributed by atoms with Crippen molar-refractivity contribution in [1.29, 1.82) is 0 Å². The Hall–Kier alpha value is -1.69. The Morgan fingerprint density at radius 1 is 1.07 bits per heavy atom. The molecule has 11 heteroatoms. The number of hydrogen-bond donors (Lipinski definition) is 2. The summed E-state index contributed by atoms with van der Waals surface area (Å²) in [5.74, 6) is -1.11. The summed E-state index contributed by atoms with van der Waals surface area (Å²) in [6.45, 7) is -0.467. The summed E-state index contributed by atoms with van der Waals surface area (Å²) in [5, 5.41) is 13.4. The van der Waals surface area contributed by atoms with Crippen LogP contribution in [-0.4, -0.2) is 29.8 Å². The van der Waals surface area contributed by atoms with E-state index >= 15 is 0 Å². The summed E-state index contributed by atoms with van der Waals surface area (Å²) >= 11 is 13.4. The third kappa shape index (κ3) is 5.47. The van der Waals surface area contributed by atoms with Gasteiger partial charge < -0.3 is 14.3 Å². The van der Waals surface area contributed by atoms with Gasteiger partial charge in [-0.1, -0.05) is 15.9 Å². The molecule has 29 heavy (non-hydrogen) atoms. The molecule has 0 aliphatic carbocycles. The van der Waals surface area contributed by atoms with Crippen molar-refractivity contribution in [3.63, 3.8) is 0 Å². The van der Waals surface area contributed by atoms with E-state index in [9.17, 15) is 9.59 Å². The molecule has 1 aromatic heterocycles. The largest absolute Gasteiger partial charge is 0.480 e. The smallest absolute Gasteiger partial charge is 0.341 e. The molecular formula is C18H10Br4N2O5. The lowest BCUT2D eigenvalue weighted by atomic mass is 10.2. The lowest BCUT2D eigenvalue weighted by Gasteiger charge is -2.09. The Bertz CT molecular complexity index is 1120. The van der Waals surface area contributed by atoms with Gasteiger partial charge in [0.1, 0.15) is 11.3 Å². The van der Waals surface area contributed by atoms with Gasteiger partial charge in [-0.15, -0.1) is 0 Å². The van der Waals surface area contributed by atoms with Crippen LogP contribution in [0.5, 0.6) is 5.75 Å². The minimum atomic E-state index is -1.08. The second-order valence-electron chi connectivity index (χ2n) is 5.61. The van der Waals surface area contributed by atoms with Crippen LogP contribution in [0.3, 0.4) is 0 Å². The summed E-state index contributed by atoms with van der Waals surface area (Å²) in [6.07, 6.45) is 1.43. The van der Waals surface area contributed by atoms with E-state index in [0.29, 0.717) is 25.8 Å². The van der Waals surface area contributed by atoms with E-state index in [1.807, 2.05) is 12.1 Å². The van der Waals surface area contributed by atoms with Gasteiger partial charge >= 0.3 is 11.9 Å². The van der Waals surface area contributed by atoms with Crippen molar-refractivity contribution in [1.82, 2.24) is 5.43 Å². The minimum absolute atomic E-state index is 0.121. The average molecular weight is 654 g/mol. The first kappa shape index (κ1) is 22.0. The summed E-state index contributed by atoms with van der Waals surface area (Å²) in [7, 11) is 0. The highest BCUT2D eigenvalue weighted by molar-refractivity contribution is 9.11. The first-order chi connectivity index (χ1) is 13.7. The molecule has 7 nitrogen and oxygen atoms in total. The number of aliphatic carboxylic acids is 1. The molecule has 0 saturated carbocycles. The third-order valence-corrected chi connectivity index (χ3v) is 5.72. The summed E-state index contributed by atoms with van der Waals surface area (Å²) in [6, 6.07) is 8.64. The van der Waals surface area contributed by atoms with Crippen molar-refractivity contribution in [2.24, 2.45) is 5.10 Å². The van der Waals surface area contributed by atoms with Crippen molar-refractivity contribution in [3.8, 4) is 5.75 Å². The normalized spacial score (nSPS) is 11.2. The molecule has 0 saturated heterocycles. The molecule has 2 aromatic carbocycles. The maximum Gasteiger partial charge on any atom is 0.341 e. The van der Waals surface area contributed by atoms with Gasteiger partial charge in [0.15, 0.2) is 12.4 Å². The van der Waals surface area contributed by atoms with Gasteiger partial charge in [-0.3, -0.25) is 4.79 Å². The van der Waals surface area contributed by atoms with Crippen LogP contribution in [0.25, 0.3) is 11.0 Å². The van der Waals surface area contributed by atoms with E-state index in [1.165, 1.54) is 6.21 Å². The first-order valence-electron chi connectivity index (χ1n) is 7.80. The molecular weight excluding hydrogens is 644 g/mol. The molecule has 0 spiro atoms. The van der Waals surface area contributed by atoms with Gasteiger partial charge in [-0.25, -0.2) is 10.2 Å². The fourth-order valence-electron chi connectivity index (χ4n) is 2.33. The molecule has 0 bridgehead atoms. The second kappa shape index (κ2) is 9.41. The molecule has 0 aliphatic rings. The number of carbonyl (C=O) groups is 2. The zero-order chi connectivity index (χ0) is 21.1. The van der Waals surface area contributed by atoms with Crippen LogP contribution in [0.4, 0.5) is 0 Å². The van der Waals surface area contributed by atoms with Crippen LogP contribution in [0.15, 0.2) is 57.7 Å². The topological polar surface area (TPSA) is 101 Å². The quantitative estimate of drug-likeness (QED) is 0.262. The molecule has 1 amide bonds. The Kier molecular flexibility index (Phi) is 7.14. The van der Waals surface area contributed by atoms with Gasteiger partial charge in [0, 0.05) is 9.86 Å². The number of nitrogens with one attached hydrogen (secondary N) is 1. The van der Waals surface area contributed by atoms with Crippen molar-refractivity contribution >= 4 is 92.8 Å². The maximum absolute atomic E-state index is 12.3. The molecule has 150 valence electrons. The fourth-order valence-corrected chi connectivity index (χ4v) is 5.12. The highest BCUT2D eigenvalue weighted by atomic mass is 79.9. The van der Waals surface area contributed by atoms with Crippen molar-refractivity contribution in [3.05, 3.63) is 59.5 Å². The summed E-state index contributed by atoms with van der Waals surface area (Å²) in [4.78, 5) is 22.9. The molecule has 0 atom stereocenters. The van der Waals surface area contributed by atoms with Crippen LogP contribution in [0, 0.1) is 0 Å². The lowest BCUT2D eigenvalue weighted by molar-refractivity contribution is -0.139. The van der Waals surface area contributed by atoms with Crippen molar-refractivity contribution in [2.45, 2.75) is 0 Å². The van der Waals surface area contributed by atoms with Gasteiger partial charge in [0.05, 0.1) is 19.6 Å². The molecule has 3 aromatic rings. The van der Waals surface area contributed by atoms with E-state index in [2.05, 4.69) is 74.2 Å². The van der Waals surface area contributed by atoms with Gasteiger partial charge in [0.25, 0.3) is 0 Å². The van der Waals surface area contributed by atoms with Crippen molar-refractivity contribution in [2.75, 3.05) is 6.61 Å². The van der Waals surface area contributed by atoms with E-state index in [4.69, 9.17) is 14.3 Å². The number of amides is 1. The number of fused-ring (bicyclic) bond motifs is 1. The van der Waals surface area contributed by atoms with E-state index in [1.54, 1.807) is 18.2 Å². The molecule has 0 aliphatic heterocycles. The van der Waals surface area contributed by atoms with Crippen LogP contribution in [0.2, 0.25) is 0 Å². The molecule has 3 rings (SSSR count). The molecule has 2 N–H and O–H groups in total. The number of rotatable bonds is 6. The predicted molar refractivity (Wildman–Crippen MR) is 122 cm³/mol. The van der Waals surface area contributed by atoms with Crippen molar-refractivity contribution < 1.29 is 23.8 Å². The molecule has 0 fully saturated rings. The third-order valence-electron chi connectivity index (χ3n) is 3.50. The number of carboxylic acid groups (broad SMARTS) is 1. The van der Waals surface area contributed by atoms with Crippen LogP contribution in [-0.2, 0) is 4.79 Å². The molecule has 0 radical (unpaired) electrons. The maximum atomic E-state index is 12.3. The summed E-state index contributed by atoms with van der Waals surface area (Å²) < 4.78 is 13.4. The zero-order valence-electron chi connectivity index (χ0n) is 14.2. The SMILES string of the molecule is O=C(O)COc1c(Br)cc(/C=N\NC(=O)c2cc3cc(Br)cc(Br)c3o2)cc1Br. The second-order valence-corrected chi connectivity index (χ2v) is 9.09. The number of furan rings is 1. The number of ether oxygens (including phenoxy) is 1. The molecule has 0 unspecified atom stereocenters. The van der Waals surface area contributed by atoms with E-state index < -0.39 is 18.5 Å². The Labute approximate surface area is 198 Å². The zero-order valence-corrected chi connectivity index (χ0v) is 20.6. The van der Waals surface area contributed by atoms with Gasteiger partial charge in [-0.2, -0.15) is 5.10 Å². The van der Waals surface area contributed by atoms with Gasteiger partial charge in [-0.05, 0) is 83.7 Å². The van der Waals surface area contributed by atoms with E-state index in [0.717, 1.165) is 14.3 Å². The predicted octanol–water partition coefficient (Wildman–Crippen LogP) is 5.71. The Morgan fingerprint density at radius 2 is 1.76 bits per heavy atom. The first-order valence-corrected chi connectivity index (χ1v) is 11.0.